The van der Waals surface area contributed by atoms with E-state index < -0.39 is 12.5 Å². The number of amides is 1. The van der Waals surface area contributed by atoms with Crippen LogP contribution >= 0.6 is 0 Å². The summed E-state index contributed by atoms with van der Waals surface area (Å²) >= 11 is 0. The summed E-state index contributed by atoms with van der Waals surface area (Å²) < 4.78 is 38.9. The van der Waals surface area contributed by atoms with Crippen molar-refractivity contribution in [3.05, 3.63) is 48.0 Å². The first-order chi connectivity index (χ1) is 13.0. The molecule has 1 aliphatic rings. The summed E-state index contributed by atoms with van der Waals surface area (Å²) in [6, 6.07) is 10.9. The highest BCUT2D eigenvalue weighted by molar-refractivity contribution is 5.99. The minimum Gasteiger partial charge on any atom is -0.454 e. The quantitative estimate of drug-likeness (QED) is 0.590. The molecular formula is C18H16F2N2O5. The highest BCUT2D eigenvalue weighted by Gasteiger charge is 2.14. The third-order valence-corrected chi connectivity index (χ3v) is 3.55. The van der Waals surface area contributed by atoms with Gasteiger partial charge in [-0.15, -0.1) is 0 Å². The highest BCUT2D eigenvalue weighted by Crippen LogP contribution is 2.32. The number of hydrogen-bond acceptors (Lipinski definition) is 6. The fourth-order valence-electron chi connectivity index (χ4n) is 2.28. The van der Waals surface area contributed by atoms with E-state index in [9.17, 15) is 13.6 Å². The molecule has 9 heteroatoms. The van der Waals surface area contributed by atoms with Gasteiger partial charge in [-0.1, -0.05) is 5.16 Å². The van der Waals surface area contributed by atoms with Gasteiger partial charge >= 0.3 is 6.61 Å². The molecule has 0 aromatic heterocycles. The Morgan fingerprint density at radius 2 is 1.93 bits per heavy atom. The standard InChI is InChI=1S/C18H16F2N2O5/c1-11(12-2-7-15-16(8-12)25-10-24-15)22-26-9-17(23)21-13-3-5-14(6-4-13)27-18(19)20/h2-8,18H,9-10H2,1H3,(H,21,23)/b22-11-. The molecule has 1 N–H and O–H groups in total. The van der Waals surface area contributed by atoms with E-state index in [4.69, 9.17) is 14.3 Å². The molecule has 0 radical (unpaired) electrons. The van der Waals surface area contributed by atoms with Crippen LogP contribution in [0.25, 0.3) is 0 Å². The van der Waals surface area contributed by atoms with Crippen molar-refractivity contribution < 1.29 is 32.6 Å². The first-order valence-electron chi connectivity index (χ1n) is 7.92. The van der Waals surface area contributed by atoms with Crippen molar-refractivity contribution in [3.8, 4) is 17.2 Å². The summed E-state index contributed by atoms with van der Waals surface area (Å²) in [7, 11) is 0. The second-order valence-corrected chi connectivity index (χ2v) is 5.47. The number of ether oxygens (including phenoxy) is 3. The molecule has 0 fully saturated rings. The minimum atomic E-state index is -2.90. The van der Waals surface area contributed by atoms with Crippen molar-refractivity contribution in [2.24, 2.45) is 5.16 Å². The Morgan fingerprint density at radius 1 is 1.19 bits per heavy atom. The van der Waals surface area contributed by atoms with E-state index in [-0.39, 0.29) is 19.1 Å². The fourth-order valence-corrected chi connectivity index (χ4v) is 2.28. The topological polar surface area (TPSA) is 78.4 Å². The van der Waals surface area contributed by atoms with Crippen LogP contribution in [0.1, 0.15) is 12.5 Å². The Balaban J connectivity index is 1.49. The normalized spacial score (nSPS) is 12.8. The second-order valence-electron chi connectivity index (χ2n) is 5.47. The number of halogens is 2. The number of hydrogen-bond donors (Lipinski definition) is 1. The largest absolute Gasteiger partial charge is 0.454 e. The minimum absolute atomic E-state index is 0.00296. The van der Waals surface area contributed by atoms with Crippen molar-refractivity contribution in [2.75, 3.05) is 18.7 Å². The molecule has 1 amide bonds. The van der Waals surface area contributed by atoms with Crippen LogP contribution in [0.2, 0.25) is 0 Å². The molecular weight excluding hydrogens is 362 g/mol. The predicted octanol–water partition coefficient (Wildman–Crippen LogP) is 3.40. The fraction of sp³-hybridized carbons (Fsp3) is 0.222. The number of benzene rings is 2. The number of nitrogens with zero attached hydrogens (tertiary/aromatic N) is 1. The predicted molar refractivity (Wildman–Crippen MR) is 92.4 cm³/mol. The number of anilines is 1. The Kier molecular flexibility index (Phi) is 5.70. The van der Waals surface area contributed by atoms with Crippen LogP contribution in [0.15, 0.2) is 47.6 Å². The van der Waals surface area contributed by atoms with E-state index in [1.165, 1.54) is 24.3 Å². The SMILES string of the molecule is C/C(=N/OCC(=O)Nc1ccc(OC(F)F)cc1)c1ccc2c(c1)OCO2. The van der Waals surface area contributed by atoms with Gasteiger partial charge in [-0.25, -0.2) is 0 Å². The summed E-state index contributed by atoms with van der Waals surface area (Å²) in [5.74, 6) is 0.846. The number of oxime groups is 1. The van der Waals surface area contributed by atoms with Gasteiger partial charge in [0.2, 0.25) is 6.79 Å². The van der Waals surface area contributed by atoms with E-state index in [1.54, 1.807) is 25.1 Å². The van der Waals surface area contributed by atoms with Crippen LogP contribution < -0.4 is 19.5 Å². The Labute approximate surface area is 153 Å². The number of carbonyl (C=O) groups excluding carboxylic acids is 1. The van der Waals surface area contributed by atoms with Gasteiger partial charge in [0.15, 0.2) is 18.1 Å². The van der Waals surface area contributed by atoms with Gasteiger partial charge in [0.05, 0.1) is 5.71 Å². The van der Waals surface area contributed by atoms with E-state index >= 15 is 0 Å². The van der Waals surface area contributed by atoms with Crippen LogP contribution in [0.5, 0.6) is 17.2 Å². The molecule has 27 heavy (non-hydrogen) atoms. The summed E-state index contributed by atoms with van der Waals surface area (Å²) in [5, 5.41) is 6.46. The van der Waals surface area contributed by atoms with Crippen LogP contribution in [0.4, 0.5) is 14.5 Å². The van der Waals surface area contributed by atoms with E-state index in [0.29, 0.717) is 22.9 Å². The van der Waals surface area contributed by atoms with E-state index in [0.717, 1.165) is 5.56 Å². The maximum Gasteiger partial charge on any atom is 0.387 e. The lowest BCUT2D eigenvalue weighted by atomic mass is 10.1. The smallest absolute Gasteiger partial charge is 0.387 e. The lowest BCUT2D eigenvalue weighted by molar-refractivity contribution is -0.120. The third-order valence-electron chi connectivity index (χ3n) is 3.55. The van der Waals surface area contributed by atoms with Gasteiger partial charge in [0, 0.05) is 11.3 Å². The van der Waals surface area contributed by atoms with Crippen molar-refractivity contribution in [2.45, 2.75) is 13.5 Å². The number of nitrogens with one attached hydrogen (secondary N) is 1. The van der Waals surface area contributed by atoms with Gasteiger partial charge in [0.25, 0.3) is 5.91 Å². The average molecular weight is 378 g/mol. The van der Waals surface area contributed by atoms with Crippen LogP contribution in [-0.2, 0) is 9.63 Å². The van der Waals surface area contributed by atoms with E-state index in [1.807, 2.05) is 0 Å². The summed E-state index contributed by atoms with van der Waals surface area (Å²) in [4.78, 5) is 16.9. The molecule has 7 nitrogen and oxygen atoms in total. The Bertz CT molecular complexity index is 840. The molecule has 0 saturated heterocycles. The van der Waals surface area contributed by atoms with Crippen LogP contribution in [-0.4, -0.2) is 31.6 Å². The molecule has 142 valence electrons. The molecule has 2 aromatic rings. The highest BCUT2D eigenvalue weighted by atomic mass is 19.3. The third kappa shape index (κ3) is 5.06. The molecule has 3 rings (SSSR count). The molecule has 0 bridgehead atoms. The first kappa shape index (κ1) is 18.4. The average Bonchev–Trinajstić information content (AvgIpc) is 3.10. The van der Waals surface area contributed by atoms with Gasteiger partial charge < -0.3 is 24.4 Å². The number of carbonyl (C=O) groups is 1. The lowest BCUT2D eigenvalue weighted by Crippen LogP contribution is -2.17. The lowest BCUT2D eigenvalue weighted by Gasteiger charge is -2.07. The van der Waals surface area contributed by atoms with E-state index in [2.05, 4.69) is 15.2 Å². The maximum absolute atomic E-state index is 12.1. The summed E-state index contributed by atoms with van der Waals surface area (Å²) in [6.07, 6.45) is 0. The molecule has 1 aliphatic heterocycles. The first-order valence-corrected chi connectivity index (χ1v) is 7.92. The van der Waals surface area contributed by atoms with Crippen molar-refractivity contribution in [1.82, 2.24) is 0 Å². The Hall–Kier alpha value is -3.36. The zero-order chi connectivity index (χ0) is 19.2. The number of alkyl halides is 2. The zero-order valence-corrected chi connectivity index (χ0v) is 14.3. The van der Waals surface area contributed by atoms with Gasteiger partial charge in [-0.05, 0) is 49.4 Å². The van der Waals surface area contributed by atoms with Crippen molar-refractivity contribution in [1.29, 1.82) is 0 Å². The molecule has 0 spiro atoms. The molecule has 2 aromatic carbocycles. The molecule has 0 saturated carbocycles. The van der Waals surface area contributed by atoms with Crippen molar-refractivity contribution >= 4 is 17.3 Å². The van der Waals surface area contributed by atoms with Crippen molar-refractivity contribution in [3.63, 3.8) is 0 Å². The molecule has 0 unspecified atom stereocenters. The maximum atomic E-state index is 12.1. The zero-order valence-electron chi connectivity index (χ0n) is 14.3. The van der Waals surface area contributed by atoms with Crippen LogP contribution in [0.3, 0.4) is 0 Å². The van der Waals surface area contributed by atoms with Gasteiger partial charge in [-0.3, -0.25) is 4.79 Å². The summed E-state index contributed by atoms with van der Waals surface area (Å²) in [5.41, 5.74) is 1.76. The molecule has 0 aliphatic carbocycles. The number of fused-ring (bicyclic) bond motifs is 1. The van der Waals surface area contributed by atoms with Gasteiger partial charge in [0.1, 0.15) is 5.75 Å². The Morgan fingerprint density at radius 3 is 2.67 bits per heavy atom. The monoisotopic (exact) mass is 378 g/mol. The number of rotatable bonds is 7. The second kappa shape index (κ2) is 8.35. The molecule has 1 heterocycles. The van der Waals surface area contributed by atoms with Gasteiger partial charge in [-0.2, -0.15) is 8.78 Å². The van der Waals surface area contributed by atoms with Crippen LogP contribution in [0, 0.1) is 0 Å². The summed E-state index contributed by atoms with van der Waals surface area (Å²) in [6.45, 7) is -1.29. The molecule has 0 atom stereocenters.